The molecule has 0 fully saturated rings. The molecule has 0 saturated heterocycles. The summed E-state index contributed by atoms with van der Waals surface area (Å²) in [6.45, 7) is 3.39. The molecule has 0 spiro atoms. The highest BCUT2D eigenvalue weighted by Gasteiger charge is 2.17. The summed E-state index contributed by atoms with van der Waals surface area (Å²) in [5.41, 5.74) is 2.19. The fraction of sp³-hybridized carbons (Fsp3) is 0.375. The molecule has 6 nitrogen and oxygen atoms in total. The van der Waals surface area contributed by atoms with Crippen LogP contribution < -0.4 is 14.8 Å². The molecular weight excluding hydrogens is 318 g/mol. The van der Waals surface area contributed by atoms with E-state index in [4.69, 9.17) is 21.1 Å². The zero-order valence-corrected chi connectivity index (χ0v) is 13.6. The summed E-state index contributed by atoms with van der Waals surface area (Å²) in [5.74, 6) is 0.942. The number of amides is 1. The van der Waals surface area contributed by atoms with Crippen molar-refractivity contribution in [2.75, 3.05) is 13.2 Å². The molecule has 1 aliphatic heterocycles. The third-order valence-electron chi connectivity index (χ3n) is 3.49. The van der Waals surface area contributed by atoms with E-state index in [1.165, 1.54) is 0 Å². The summed E-state index contributed by atoms with van der Waals surface area (Å²) in [6, 6.07) is 5.37. The van der Waals surface area contributed by atoms with Gasteiger partial charge in [-0.25, -0.2) is 0 Å². The molecule has 0 radical (unpaired) electrons. The fourth-order valence-electron chi connectivity index (χ4n) is 2.41. The van der Waals surface area contributed by atoms with E-state index in [0.29, 0.717) is 42.0 Å². The Hall–Kier alpha value is -2.21. The van der Waals surface area contributed by atoms with Crippen molar-refractivity contribution in [2.45, 2.75) is 26.3 Å². The summed E-state index contributed by atoms with van der Waals surface area (Å²) >= 11 is 6.18. The van der Waals surface area contributed by atoms with Crippen molar-refractivity contribution in [1.29, 1.82) is 0 Å². The van der Waals surface area contributed by atoms with Gasteiger partial charge in [-0.15, -0.1) is 0 Å². The predicted octanol–water partition coefficient (Wildman–Crippen LogP) is 2.72. The number of rotatable bonds is 5. The molecule has 122 valence electrons. The molecule has 2 heterocycles. The molecule has 3 rings (SSSR count). The summed E-state index contributed by atoms with van der Waals surface area (Å²) in [4.78, 5) is 12.1. The number of aryl methyl sites for hydroxylation is 1. The molecule has 2 N–H and O–H groups in total. The number of nitrogens with one attached hydrogen (secondary N) is 2. The molecule has 0 atom stereocenters. The molecule has 1 aromatic heterocycles. The van der Waals surface area contributed by atoms with Crippen LogP contribution in [0.4, 0.5) is 0 Å². The number of benzene rings is 1. The number of carbonyl (C=O) groups is 1. The van der Waals surface area contributed by atoms with Gasteiger partial charge in [0.1, 0.15) is 18.9 Å². The molecule has 7 heteroatoms. The summed E-state index contributed by atoms with van der Waals surface area (Å²) in [6.07, 6.45) is 1.87. The maximum Gasteiger partial charge on any atom is 0.272 e. The van der Waals surface area contributed by atoms with E-state index in [1.807, 2.05) is 6.07 Å². The number of nitrogens with zero attached hydrogens (tertiary/aromatic N) is 1. The van der Waals surface area contributed by atoms with Crippen LogP contribution >= 0.6 is 11.6 Å². The lowest BCUT2D eigenvalue weighted by Gasteiger charge is -2.20. The maximum atomic E-state index is 12.1. The maximum absolute atomic E-state index is 12.1. The van der Waals surface area contributed by atoms with Crippen molar-refractivity contribution in [1.82, 2.24) is 15.5 Å². The molecular formula is C16H18ClN3O3. The molecule has 1 aliphatic rings. The standard InChI is InChI=1S/C16H18ClN3O3/c1-2-3-11-8-13(20-19-11)16(21)18-9-10-6-12(17)15-14(7-10)22-4-5-23-15/h6-8H,2-5,9H2,1H3,(H,18,21)(H,19,20). The van der Waals surface area contributed by atoms with Crippen LogP contribution in [-0.2, 0) is 13.0 Å². The van der Waals surface area contributed by atoms with E-state index in [0.717, 1.165) is 24.1 Å². The third kappa shape index (κ3) is 3.59. The monoisotopic (exact) mass is 335 g/mol. The first-order valence-electron chi connectivity index (χ1n) is 7.58. The number of carbonyl (C=O) groups excluding carboxylic acids is 1. The van der Waals surface area contributed by atoms with Crippen LogP contribution in [0.25, 0.3) is 0 Å². The van der Waals surface area contributed by atoms with E-state index in [1.54, 1.807) is 12.1 Å². The number of aromatic amines is 1. The first-order chi connectivity index (χ1) is 11.2. The second kappa shape index (κ2) is 6.91. The highest BCUT2D eigenvalue weighted by Crippen LogP contribution is 2.38. The van der Waals surface area contributed by atoms with Crippen molar-refractivity contribution in [2.24, 2.45) is 0 Å². The number of aromatic nitrogens is 2. The molecule has 2 aromatic rings. The number of hydrogen-bond donors (Lipinski definition) is 2. The van der Waals surface area contributed by atoms with Crippen LogP contribution in [0.5, 0.6) is 11.5 Å². The SMILES string of the molecule is CCCc1cc(C(=O)NCc2cc(Cl)c3c(c2)OCCO3)n[nH]1. The van der Waals surface area contributed by atoms with E-state index in [2.05, 4.69) is 22.4 Å². The van der Waals surface area contributed by atoms with Gasteiger partial charge < -0.3 is 14.8 Å². The minimum atomic E-state index is -0.227. The summed E-state index contributed by atoms with van der Waals surface area (Å²) < 4.78 is 11.0. The van der Waals surface area contributed by atoms with Crippen LogP contribution in [0.1, 0.15) is 35.1 Å². The predicted molar refractivity (Wildman–Crippen MR) is 86.2 cm³/mol. The largest absolute Gasteiger partial charge is 0.486 e. The third-order valence-corrected chi connectivity index (χ3v) is 3.77. The zero-order chi connectivity index (χ0) is 16.2. The van der Waals surface area contributed by atoms with Crippen LogP contribution in [0.2, 0.25) is 5.02 Å². The average Bonchev–Trinajstić information content (AvgIpc) is 3.02. The lowest BCUT2D eigenvalue weighted by molar-refractivity contribution is 0.0945. The van der Waals surface area contributed by atoms with Gasteiger partial charge in [0.15, 0.2) is 11.5 Å². The number of halogens is 1. The number of fused-ring (bicyclic) bond motifs is 1. The van der Waals surface area contributed by atoms with E-state index in [-0.39, 0.29) is 5.91 Å². The van der Waals surface area contributed by atoms with Gasteiger partial charge in [0.25, 0.3) is 5.91 Å². The van der Waals surface area contributed by atoms with Gasteiger partial charge in [-0.2, -0.15) is 5.10 Å². The van der Waals surface area contributed by atoms with Gasteiger partial charge in [-0.05, 0) is 30.2 Å². The Morgan fingerprint density at radius 3 is 3.00 bits per heavy atom. The van der Waals surface area contributed by atoms with E-state index >= 15 is 0 Å². The zero-order valence-electron chi connectivity index (χ0n) is 12.8. The van der Waals surface area contributed by atoms with Crippen molar-refractivity contribution in [3.05, 3.63) is 40.2 Å². The van der Waals surface area contributed by atoms with Crippen molar-refractivity contribution >= 4 is 17.5 Å². The minimum absolute atomic E-state index is 0.227. The lowest BCUT2D eigenvalue weighted by Crippen LogP contribution is -2.23. The Labute approximate surface area is 139 Å². The lowest BCUT2D eigenvalue weighted by atomic mass is 10.2. The topological polar surface area (TPSA) is 76.2 Å². The van der Waals surface area contributed by atoms with Gasteiger partial charge in [0.05, 0.1) is 5.02 Å². The average molecular weight is 336 g/mol. The van der Waals surface area contributed by atoms with Crippen molar-refractivity contribution in [3.63, 3.8) is 0 Å². The quantitative estimate of drug-likeness (QED) is 0.880. The Morgan fingerprint density at radius 2 is 2.17 bits per heavy atom. The molecule has 0 bridgehead atoms. The smallest absolute Gasteiger partial charge is 0.272 e. The second-order valence-corrected chi connectivity index (χ2v) is 5.72. The minimum Gasteiger partial charge on any atom is -0.486 e. The van der Waals surface area contributed by atoms with Gasteiger partial charge in [0.2, 0.25) is 0 Å². The fourth-order valence-corrected chi connectivity index (χ4v) is 2.70. The van der Waals surface area contributed by atoms with Crippen molar-refractivity contribution in [3.8, 4) is 11.5 Å². The molecule has 1 amide bonds. The van der Waals surface area contributed by atoms with Crippen LogP contribution in [0.15, 0.2) is 18.2 Å². The normalized spacial score (nSPS) is 13.0. The first-order valence-corrected chi connectivity index (χ1v) is 7.95. The van der Waals surface area contributed by atoms with Gasteiger partial charge in [-0.3, -0.25) is 9.89 Å². The molecule has 0 unspecified atom stereocenters. The van der Waals surface area contributed by atoms with Crippen LogP contribution in [0, 0.1) is 0 Å². The molecule has 1 aromatic carbocycles. The number of H-pyrrole nitrogens is 1. The highest BCUT2D eigenvalue weighted by molar-refractivity contribution is 6.32. The highest BCUT2D eigenvalue weighted by atomic mass is 35.5. The second-order valence-electron chi connectivity index (χ2n) is 5.31. The van der Waals surface area contributed by atoms with Gasteiger partial charge >= 0.3 is 0 Å². The molecule has 0 saturated carbocycles. The number of hydrogen-bond acceptors (Lipinski definition) is 4. The van der Waals surface area contributed by atoms with Gasteiger partial charge in [0, 0.05) is 12.2 Å². The van der Waals surface area contributed by atoms with Crippen LogP contribution in [-0.4, -0.2) is 29.3 Å². The first kappa shape index (κ1) is 15.7. The summed E-state index contributed by atoms with van der Waals surface area (Å²) in [7, 11) is 0. The van der Waals surface area contributed by atoms with E-state index in [9.17, 15) is 4.79 Å². The molecule has 0 aliphatic carbocycles. The Bertz CT molecular complexity index is 715. The summed E-state index contributed by atoms with van der Waals surface area (Å²) in [5, 5.41) is 10.2. The Balaban J connectivity index is 1.65. The van der Waals surface area contributed by atoms with Crippen molar-refractivity contribution < 1.29 is 14.3 Å². The Kier molecular flexibility index (Phi) is 4.71. The Morgan fingerprint density at radius 1 is 1.35 bits per heavy atom. The number of ether oxygens (including phenoxy) is 2. The van der Waals surface area contributed by atoms with E-state index < -0.39 is 0 Å². The molecule has 23 heavy (non-hydrogen) atoms. The van der Waals surface area contributed by atoms with Gasteiger partial charge in [-0.1, -0.05) is 24.9 Å². The van der Waals surface area contributed by atoms with Crippen LogP contribution in [0.3, 0.4) is 0 Å².